The molecule has 0 radical (unpaired) electrons. The molecule has 0 fully saturated rings. The standard InChI is InChI=1S/C8H6ClNO2/c1-2-5-3-6(9)4-10-7(5)8(11)12/h2-4H,1H2,(H,11,12). The molecule has 3 nitrogen and oxygen atoms in total. The van der Waals surface area contributed by atoms with Gasteiger partial charge in [-0.1, -0.05) is 24.3 Å². The molecular weight excluding hydrogens is 178 g/mol. The van der Waals surface area contributed by atoms with Crippen molar-refractivity contribution >= 4 is 23.6 Å². The van der Waals surface area contributed by atoms with Crippen molar-refractivity contribution in [2.24, 2.45) is 0 Å². The van der Waals surface area contributed by atoms with E-state index in [1.165, 1.54) is 18.3 Å². The van der Waals surface area contributed by atoms with Crippen LogP contribution in [0.1, 0.15) is 16.1 Å². The second-order valence-corrected chi connectivity index (χ2v) is 2.54. The van der Waals surface area contributed by atoms with Gasteiger partial charge in [0.1, 0.15) is 0 Å². The fourth-order valence-corrected chi connectivity index (χ4v) is 0.956. The first-order chi connectivity index (χ1) is 5.65. The molecule has 0 saturated carbocycles. The minimum Gasteiger partial charge on any atom is -0.476 e. The maximum Gasteiger partial charge on any atom is 0.355 e. The number of carbonyl (C=O) groups is 1. The number of aromatic carboxylic acids is 1. The van der Waals surface area contributed by atoms with Crippen molar-refractivity contribution in [2.75, 3.05) is 0 Å². The fourth-order valence-electron chi connectivity index (χ4n) is 0.789. The molecule has 62 valence electrons. The summed E-state index contributed by atoms with van der Waals surface area (Å²) in [6.07, 6.45) is 2.69. The number of aromatic nitrogens is 1. The van der Waals surface area contributed by atoms with Gasteiger partial charge in [-0.05, 0) is 6.07 Å². The van der Waals surface area contributed by atoms with Crippen molar-refractivity contribution in [3.05, 3.63) is 35.1 Å². The summed E-state index contributed by atoms with van der Waals surface area (Å²) < 4.78 is 0. The zero-order valence-electron chi connectivity index (χ0n) is 6.12. The first kappa shape index (κ1) is 8.74. The first-order valence-electron chi connectivity index (χ1n) is 3.16. The van der Waals surface area contributed by atoms with Gasteiger partial charge in [-0.15, -0.1) is 0 Å². The quantitative estimate of drug-likeness (QED) is 0.764. The number of hydrogen-bond donors (Lipinski definition) is 1. The highest BCUT2D eigenvalue weighted by molar-refractivity contribution is 6.30. The minimum absolute atomic E-state index is 0.0330. The number of pyridine rings is 1. The van der Waals surface area contributed by atoms with Gasteiger partial charge in [-0.25, -0.2) is 9.78 Å². The molecule has 0 spiro atoms. The predicted octanol–water partition coefficient (Wildman–Crippen LogP) is 2.08. The van der Waals surface area contributed by atoms with Crippen molar-refractivity contribution in [3.8, 4) is 0 Å². The Kier molecular flexibility index (Phi) is 2.45. The fraction of sp³-hybridized carbons (Fsp3) is 0. The lowest BCUT2D eigenvalue weighted by molar-refractivity contribution is 0.0690. The molecule has 0 aromatic carbocycles. The largest absolute Gasteiger partial charge is 0.476 e. The number of rotatable bonds is 2. The summed E-state index contributed by atoms with van der Waals surface area (Å²) in [6, 6.07) is 1.50. The Morgan fingerprint density at radius 2 is 2.42 bits per heavy atom. The molecule has 1 aromatic heterocycles. The van der Waals surface area contributed by atoms with Gasteiger partial charge in [-0.2, -0.15) is 0 Å². The molecule has 1 aromatic rings. The van der Waals surface area contributed by atoms with Crippen LogP contribution >= 0.6 is 11.6 Å². The predicted molar refractivity (Wildman–Crippen MR) is 46.3 cm³/mol. The van der Waals surface area contributed by atoms with E-state index in [-0.39, 0.29) is 5.69 Å². The molecule has 0 unspecified atom stereocenters. The number of hydrogen-bond acceptors (Lipinski definition) is 2. The normalized spacial score (nSPS) is 9.42. The van der Waals surface area contributed by atoms with E-state index in [9.17, 15) is 4.79 Å². The molecule has 12 heavy (non-hydrogen) atoms. The summed E-state index contributed by atoms with van der Waals surface area (Å²) in [5, 5.41) is 9.03. The molecule has 0 amide bonds. The van der Waals surface area contributed by atoms with E-state index >= 15 is 0 Å². The number of carboxylic acids is 1. The number of halogens is 1. The van der Waals surface area contributed by atoms with Gasteiger partial charge in [0.2, 0.25) is 0 Å². The second kappa shape index (κ2) is 3.36. The van der Waals surface area contributed by atoms with E-state index in [0.29, 0.717) is 10.6 Å². The first-order valence-corrected chi connectivity index (χ1v) is 3.54. The molecule has 4 heteroatoms. The lowest BCUT2D eigenvalue weighted by atomic mass is 10.2. The van der Waals surface area contributed by atoms with Gasteiger partial charge in [-0.3, -0.25) is 0 Å². The zero-order chi connectivity index (χ0) is 9.14. The van der Waals surface area contributed by atoms with Gasteiger partial charge in [0.25, 0.3) is 0 Å². The van der Waals surface area contributed by atoms with Crippen LogP contribution in [0.3, 0.4) is 0 Å². The molecule has 0 saturated heterocycles. The molecule has 0 aliphatic heterocycles. The molecule has 0 aliphatic rings. The molecule has 0 atom stereocenters. The summed E-state index contributed by atoms with van der Waals surface area (Å²) in [5.41, 5.74) is 0.393. The molecular formula is C8H6ClNO2. The lowest BCUT2D eigenvalue weighted by Gasteiger charge is -1.98. The highest BCUT2D eigenvalue weighted by atomic mass is 35.5. The lowest BCUT2D eigenvalue weighted by Crippen LogP contribution is -2.02. The Hall–Kier alpha value is -1.35. The molecule has 1 rings (SSSR count). The minimum atomic E-state index is -1.08. The summed E-state index contributed by atoms with van der Waals surface area (Å²) >= 11 is 5.60. The maximum atomic E-state index is 10.5. The second-order valence-electron chi connectivity index (χ2n) is 2.10. The van der Waals surface area contributed by atoms with Gasteiger partial charge < -0.3 is 5.11 Å². The smallest absolute Gasteiger partial charge is 0.355 e. The third kappa shape index (κ3) is 1.62. The Morgan fingerprint density at radius 1 is 1.75 bits per heavy atom. The van der Waals surface area contributed by atoms with Crippen LogP contribution in [0.4, 0.5) is 0 Å². The van der Waals surface area contributed by atoms with Crippen LogP contribution in [0.15, 0.2) is 18.8 Å². The molecule has 0 aliphatic carbocycles. The summed E-state index contributed by atoms with van der Waals surface area (Å²) in [4.78, 5) is 14.2. The maximum absolute atomic E-state index is 10.5. The van der Waals surface area contributed by atoms with Crippen LogP contribution in [0.5, 0.6) is 0 Å². The van der Waals surface area contributed by atoms with Crippen LogP contribution in [0, 0.1) is 0 Å². The average molecular weight is 184 g/mol. The van der Waals surface area contributed by atoms with Crippen molar-refractivity contribution in [1.29, 1.82) is 0 Å². The Morgan fingerprint density at radius 3 is 2.92 bits per heavy atom. The summed E-state index contributed by atoms with van der Waals surface area (Å²) in [5.74, 6) is -1.08. The Balaban J connectivity index is 3.29. The van der Waals surface area contributed by atoms with E-state index in [4.69, 9.17) is 16.7 Å². The highest BCUT2D eigenvalue weighted by Gasteiger charge is 2.08. The number of nitrogens with zero attached hydrogens (tertiary/aromatic N) is 1. The zero-order valence-corrected chi connectivity index (χ0v) is 6.88. The van der Waals surface area contributed by atoms with Gasteiger partial charge in [0.15, 0.2) is 5.69 Å². The molecule has 1 N–H and O–H groups in total. The van der Waals surface area contributed by atoms with Crippen LogP contribution in [-0.2, 0) is 0 Å². The van der Waals surface area contributed by atoms with Crippen LogP contribution in [0.2, 0.25) is 5.02 Å². The van der Waals surface area contributed by atoms with E-state index in [1.807, 2.05) is 0 Å². The topological polar surface area (TPSA) is 50.2 Å². The van der Waals surface area contributed by atoms with Crippen LogP contribution < -0.4 is 0 Å². The highest BCUT2D eigenvalue weighted by Crippen LogP contribution is 2.13. The molecule has 1 heterocycles. The third-order valence-electron chi connectivity index (χ3n) is 1.31. The van der Waals surface area contributed by atoms with Crippen molar-refractivity contribution in [1.82, 2.24) is 4.98 Å². The van der Waals surface area contributed by atoms with E-state index in [0.717, 1.165) is 0 Å². The summed E-state index contributed by atoms with van der Waals surface area (Å²) in [7, 11) is 0. The van der Waals surface area contributed by atoms with Crippen molar-refractivity contribution < 1.29 is 9.90 Å². The molecule has 0 bridgehead atoms. The van der Waals surface area contributed by atoms with Crippen LogP contribution in [-0.4, -0.2) is 16.1 Å². The van der Waals surface area contributed by atoms with Gasteiger partial charge >= 0.3 is 5.97 Å². The average Bonchev–Trinajstić information content (AvgIpc) is 2.03. The van der Waals surface area contributed by atoms with Gasteiger partial charge in [0.05, 0.1) is 5.02 Å². The third-order valence-corrected chi connectivity index (χ3v) is 1.51. The summed E-state index contributed by atoms with van der Waals surface area (Å²) in [6.45, 7) is 3.45. The SMILES string of the molecule is C=Cc1cc(Cl)cnc1C(=O)O. The van der Waals surface area contributed by atoms with E-state index in [1.54, 1.807) is 0 Å². The van der Waals surface area contributed by atoms with Crippen LogP contribution in [0.25, 0.3) is 6.08 Å². The van der Waals surface area contributed by atoms with Gasteiger partial charge in [0, 0.05) is 11.8 Å². The van der Waals surface area contributed by atoms with Crippen molar-refractivity contribution in [3.63, 3.8) is 0 Å². The van der Waals surface area contributed by atoms with E-state index < -0.39 is 5.97 Å². The Bertz CT molecular complexity index is 336. The van der Waals surface area contributed by atoms with E-state index in [2.05, 4.69) is 11.6 Å². The Labute approximate surface area is 74.3 Å². The van der Waals surface area contributed by atoms with Crippen molar-refractivity contribution in [2.45, 2.75) is 0 Å². The monoisotopic (exact) mass is 183 g/mol. The number of carboxylic acid groups (broad SMARTS) is 1.